The topological polar surface area (TPSA) is 17.0 Å². The summed E-state index contributed by atoms with van der Waals surface area (Å²) in [5, 5.41) is 3.56. The van der Waals surface area contributed by atoms with Crippen molar-refractivity contribution in [1.29, 1.82) is 0 Å². The molecule has 21 heavy (non-hydrogen) atoms. The summed E-state index contributed by atoms with van der Waals surface area (Å²) < 4.78 is 2.13. The van der Waals surface area contributed by atoms with Crippen LogP contribution in [0.3, 0.4) is 0 Å². The van der Waals surface area contributed by atoms with Crippen LogP contribution in [0.1, 0.15) is 37.7 Å². The van der Waals surface area contributed by atoms with Crippen molar-refractivity contribution in [3.8, 4) is 5.69 Å². The monoisotopic (exact) mass is 280 g/mol. The molecule has 1 aliphatic carbocycles. The Balaban J connectivity index is 1.44. The molecule has 0 fully saturated rings. The van der Waals surface area contributed by atoms with Gasteiger partial charge in [0.15, 0.2) is 0 Å². The van der Waals surface area contributed by atoms with Crippen LogP contribution >= 0.6 is 0 Å². The third kappa shape index (κ3) is 4.08. The van der Waals surface area contributed by atoms with Gasteiger partial charge in [0.05, 0.1) is 0 Å². The molecule has 1 aliphatic rings. The molecule has 0 amide bonds. The number of aromatic nitrogens is 1. The van der Waals surface area contributed by atoms with Gasteiger partial charge in [0.1, 0.15) is 0 Å². The van der Waals surface area contributed by atoms with Gasteiger partial charge in [-0.3, -0.25) is 0 Å². The lowest BCUT2D eigenvalue weighted by atomic mass is 9.97. The minimum Gasteiger partial charge on any atom is -0.324 e. The van der Waals surface area contributed by atoms with E-state index in [2.05, 4.69) is 64.8 Å². The van der Waals surface area contributed by atoms with E-state index in [1.54, 1.807) is 5.57 Å². The maximum absolute atomic E-state index is 3.56. The molecule has 1 aromatic carbocycles. The van der Waals surface area contributed by atoms with Crippen molar-refractivity contribution in [2.24, 2.45) is 0 Å². The minimum atomic E-state index is 0.958. The van der Waals surface area contributed by atoms with E-state index in [9.17, 15) is 0 Å². The highest BCUT2D eigenvalue weighted by Crippen LogP contribution is 2.19. The standard InChI is InChI=1S/C19H24N2/c1-2-6-17(7-3-1)12-13-20-16-18-8-10-19(11-9-18)21-14-4-5-15-21/h4-6,8-11,14-15,20H,1-3,7,12-13,16H2. The van der Waals surface area contributed by atoms with Crippen molar-refractivity contribution in [3.05, 3.63) is 66.0 Å². The fourth-order valence-electron chi connectivity index (χ4n) is 2.91. The third-order valence-electron chi connectivity index (χ3n) is 4.18. The van der Waals surface area contributed by atoms with Crippen LogP contribution in [0.25, 0.3) is 5.69 Å². The van der Waals surface area contributed by atoms with Gasteiger partial charge in [-0.15, -0.1) is 0 Å². The summed E-state index contributed by atoms with van der Waals surface area (Å²) in [4.78, 5) is 0. The number of benzene rings is 1. The lowest BCUT2D eigenvalue weighted by molar-refractivity contribution is 0.632. The van der Waals surface area contributed by atoms with Crippen LogP contribution in [0.2, 0.25) is 0 Å². The Labute approximate surface area is 127 Å². The number of rotatable bonds is 6. The minimum absolute atomic E-state index is 0.958. The van der Waals surface area contributed by atoms with Crippen LogP contribution in [0.5, 0.6) is 0 Å². The van der Waals surface area contributed by atoms with Gasteiger partial charge in [0.25, 0.3) is 0 Å². The maximum atomic E-state index is 3.56. The molecule has 1 heterocycles. The van der Waals surface area contributed by atoms with Gasteiger partial charge in [-0.1, -0.05) is 23.8 Å². The predicted octanol–water partition coefficient (Wildman–Crippen LogP) is 4.46. The van der Waals surface area contributed by atoms with Gasteiger partial charge in [-0.25, -0.2) is 0 Å². The SMILES string of the molecule is C1=C(CCNCc2ccc(-n3cccc3)cc2)CCCC1. The number of hydrogen-bond acceptors (Lipinski definition) is 1. The second kappa shape index (κ2) is 7.28. The fourth-order valence-corrected chi connectivity index (χ4v) is 2.91. The molecule has 0 saturated carbocycles. The highest BCUT2D eigenvalue weighted by molar-refractivity contribution is 5.35. The Morgan fingerprint density at radius 3 is 2.52 bits per heavy atom. The van der Waals surface area contributed by atoms with E-state index in [-0.39, 0.29) is 0 Å². The molecule has 0 unspecified atom stereocenters. The van der Waals surface area contributed by atoms with Gasteiger partial charge in [0, 0.05) is 24.6 Å². The number of allylic oxidation sites excluding steroid dienone is 1. The van der Waals surface area contributed by atoms with Crippen LogP contribution in [0.15, 0.2) is 60.4 Å². The molecule has 0 spiro atoms. The second-order valence-electron chi connectivity index (χ2n) is 5.79. The van der Waals surface area contributed by atoms with E-state index >= 15 is 0 Å². The average Bonchev–Trinajstić information content (AvgIpc) is 3.08. The molecule has 0 radical (unpaired) electrons. The van der Waals surface area contributed by atoms with Gasteiger partial charge >= 0.3 is 0 Å². The Morgan fingerprint density at radius 1 is 1.00 bits per heavy atom. The molecular weight excluding hydrogens is 256 g/mol. The van der Waals surface area contributed by atoms with Gasteiger partial charge < -0.3 is 9.88 Å². The lowest BCUT2D eigenvalue weighted by Gasteiger charge is -2.13. The van der Waals surface area contributed by atoms with E-state index in [1.165, 1.54) is 43.4 Å². The van der Waals surface area contributed by atoms with Crippen LogP contribution < -0.4 is 5.32 Å². The van der Waals surface area contributed by atoms with Crippen molar-refractivity contribution in [2.75, 3.05) is 6.54 Å². The molecule has 0 atom stereocenters. The molecule has 110 valence electrons. The van der Waals surface area contributed by atoms with Gasteiger partial charge in [0.2, 0.25) is 0 Å². The van der Waals surface area contributed by atoms with Crippen LogP contribution in [-0.2, 0) is 6.54 Å². The van der Waals surface area contributed by atoms with Crippen molar-refractivity contribution in [3.63, 3.8) is 0 Å². The molecule has 2 nitrogen and oxygen atoms in total. The molecule has 0 aliphatic heterocycles. The Hall–Kier alpha value is -1.80. The average molecular weight is 280 g/mol. The van der Waals surface area contributed by atoms with E-state index in [0.717, 1.165) is 13.1 Å². The predicted molar refractivity (Wildman–Crippen MR) is 88.6 cm³/mol. The highest BCUT2D eigenvalue weighted by Gasteiger charge is 2.03. The zero-order valence-electron chi connectivity index (χ0n) is 12.6. The van der Waals surface area contributed by atoms with E-state index in [1.807, 2.05) is 0 Å². The van der Waals surface area contributed by atoms with E-state index in [0.29, 0.717) is 0 Å². The first kappa shape index (κ1) is 14.2. The molecule has 2 heteroatoms. The first-order chi connectivity index (χ1) is 10.4. The summed E-state index contributed by atoms with van der Waals surface area (Å²) in [6, 6.07) is 12.9. The van der Waals surface area contributed by atoms with Crippen LogP contribution in [0, 0.1) is 0 Å². The molecule has 3 rings (SSSR count). The van der Waals surface area contributed by atoms with Crippen molar-refractivity contribution in [1.82, 2.24) is 9.88 Å². The second-order valence-corrected chi connectivity index (χ2v) is 5.79. The summed E-state index contributed by atoms with van der Waals surface area (Å²) in [6.07, 6.45) is 13.2. The zero-order valence-corrected chi connectivity index (χ0v) is 12.6. The summed E-state index contributed by atoms with van der Waals surface area (Å²) in [5.41, 5.74) is 4.22. The molecule has 1 N–H and O–H groups in total. The smallest absolute Gasteiger partial charge is 0.0449 e. The lowest BCUT2D eigenvalue weighted by Crippen LogP contribution is -2.15. The van der Waals surface area contributed by atoms with Crippen molar-refractivity contribution >= 4 is 0 Å². The van der Waals surface area contributed by atoms with Crippen molar-refractivity contribution < 1.29 is 0 Å². The Morgan fingerprint density at radius 2 is 1.81 bits per heavy atom. The molecule has 2 aromatic rings. The number of nitrogens with one attached hydrogen (secondary N) is 1. The molecule has 1 aromatic heterocycles. The maximum Gasteiger partial charge on any atom is 0.0449 e. The summed E-state index contributed by atoms with van der Waals surface area (Å²) in [5.74, 6) is 0. The number of nitrogens with zero attached hydrogens (tertiary/aromatic N) is 1. The highest BCUT2D eigenvalue weighted by atomic mass is 14.9. The Bertz CT molecular complexity index is 564. The normalized spacial score (nSPS) is 15.0. The Kier molecular flexibility index (Phi) is 4.90. The van der Waals surface area contributed by atoms with Crippen molar-refractivity contribution in [2.45, 2.75) is 38.6 Å². The molecule has 0 bridgehead atoms. The van der Waals surface area contributed by atoms with Gasteiger partial charge in [-0.2, -0.15) is 0 Å². The van der Waals surface area contributed by atoms with E-state index in [4.69, 9.17) is 0 Å². The summed E-state index contributed by atoms with van der Waals surface area (Å²) in [6.45, 7) is 2.05. The first-order valence-corrected chi connectivity index (χ1v) is 8.03. The summed E-state index contributed by atoms with van der Waals surface area (Å²) in [7, 11) is 0. The summed E-state index contributed by atoms with van der Waals surface area (Å²) >= 11 is 0. The molecular formula is C19H24N2. The van der Waals surface area contributed by atoms with Gasteiger partial charge in [-0.05, 0) is 68.5 Å². The largest absolute Gasteiger partial charge is 0.324 e. The molecule has 0 saturated heterocycles. The first-order valence-electron chi connectivity index (χ1n) is 8.03. The number of hydrogen-bond donors (Lipinski definition) is 1. The quantitative estimate of drug-likeness (QED) is 0.610. The fraction of sp³-hybridized carbons (Fsp3) is 0.368. The van der Waals surface area contributed by atoms with Crippen LogP contribution in [0.4, 0.5) is 0 Å². The third-order valence-corrected chi connectivity index (χ3v) is 4.18. The van der Waals surface area contributed by atoms with Crippen LogP contribution in [-0.4, -0.2) is 11.1 Å². The van der Waals surface area contributed by atoms with E-state index < -0.39 is 0 Å². The zero-order chi connectivity index (χ0) is 14.3.